The Balaban J connectivity index is 2.58. The van der Waals surface area contributed by atoms with E-state index in [0.29, 0.717) is 18.0 Å². The van der Waals surface area contributed by atoms with Gasteiger partial charge in [0, 0.05) is 20.7 Å². The quantitative estimate of drug-likeness (QED) is 0.781. The topological polar surface area (TPSA) is 42.4 Å². The summed E-state index contributed by atoms with van der Waals surface area (Å²) < 4.78 is 5.00. The number of aryl methyl sites for hydroxylation is 1. The van der Waals surface area contributed by atoms with Gasteiger partial charge < -0.3 is 9.64 Å². The van der Waals surface area contributed by atoms with Crippen molar-refractivity contribution >= 4 is 33.2 Å². The molecule has 1 rings (SSSR count). The van der Waals surface area contributed by atoms with Crippen molar-refractivity contribution in [1.29, 1.82) is 0 Å². The zero-order valence-corrected chi connectivity index (χ0v) is 12.0. The van der Waals surface area contributed by atoms with Gasteiger partial charge in [0.2, 0.25) is 0 Å². The van der Waals surface area contributed by atoms with Crippen LogP contribution in [0.3, 0.4) is 0 Å². The molecule has 0 aliphatic heterocycles. The summed E-state index contributed by atoms with van der Waals surface area (Å²) in [6, 6.07) is 0. The highest BCUT2D eigenvalue weighted by Crippen LogP contribution is 2.15. The highest BCUT2D eigenvalue weighted by Gasteiger charge is 2.18. The fourth-order valence-electron chi connectivity index (χ4n) is 1.29. The lowest BCUT2D eigenvalue weighted by Gasteiger charge is -2.19. The zero-order valence-electron chi connectivity index (χ0n) is 9.57. The Bertz CT molecular complexity index is 356. The fourth-order valence-corrected chi connectivity index (χ4v) is 2.79. The third-order valence-electron chi connectivity index (χ3n) is 2.11. The number of alkyl halides is 1. The van der Waals surface area contributed by atoms with Crippen molar-refractivity contribution in [2.45, 2.75) is 11.8 Å². The number of halogens is 1. The number of ether oxygens (including phenoxy) is 1. The summed E-state index contributed by atoms with van der Waals surface area (Å²) in [7, 11) is 3.43. The number of hydrogen-bond donors (Lipinski definition) is 0. The van der Waals surface area contributed by atoms with E-state index in [9.17, 15) is 4.79 Å². The van der Waals surface area contributed by atoms with Crippen LogP contribution in [0, 0.1) is 6.92 Å². The molecule has 1 aromatic heterocycles. The first-order valence-electron chi connectivity index (χ1n) is 4.84. The molecule has 0 N–H and O–H groups in total. The molecule has 6 heteroatoms. The molecule has 4 nitrogen and oxygen atoms in total. The van der Waals surface area contributed by atoms with E-state index in [2.05, 4.69) is 20.9 Å². The van der Waals surface area contributed by atoms with Gasteiger partial charge >= 0.3 is 0 Å². The molecule has 0 saturated carbocycles. The van der Waals surface area contributed by atoms with Crippen LogP contribution in [-0.2, 0) is 4.74 Å². The lowest BCUT2D eigenvalue weighted by Crippen LogP contribution is -2.33. The Morgan fingerprint density at radius 1 is 1.75 bits per heavy atom. The van der Waals surface area contributed by atoms with Crippen molar-refractivity contribution in [3.63, 3.8) is 0 Å². The Labute approximate surface area is 108 Å². The molecule has 0 aliphatic carbocycles. The monoisotopic (exact) mass is 306 g/mol. The molecule has 0 spiro atoms. The van der Waals surface area contributed by atoms with Crippen LogP contribution in [0.4, 0.5) is 0 Å². The maximum absolute atomic E-state index is 12.0. The summed E-state index contributed by atoms with van der Waals surface area (Å²) in [5, 5.41) is 0. The second kappa shape index (κ2) is 6.32. The normalized spacial score (nSPS) is 12.5. The molecule has 1 amide bonds. The third-order valence-corrected chi connectivity index (χ3v) is 3.58. The fraction of sp³-hybridized carbons (Fsp3) is 0.600. The van der Waals surface area contributed by atoms with Crippen molar-refractivity contribution in [2.24, 2.45) is 0 Å². The van der Waals surface area contributed by atoms with E-state index in [-0.39, 0.29) is 10.7 Å². The summed E-state index contributed by atoms with van der Waals surface area (Å²) in [4.78, 5) is 18.6. The van der Waals surface area contributed by atoms with Gasteiger partial charge in [0.25, 0.3) is 5.91 Å². The summed E-state index contributed by atoms with van der Waals surface area (Å²) >= 11 is 4.84. The Hall–Kier alpha value is -0.460. The van der Waals surface area contributed by atoms with Gasteiger partial charge in [0.1, 0.15) is 4.88 Å². The molecule has 0 bridgehead atoms. The number of rotatable bonds is 5. The summed E-state index contributed by atoms with van der Waals surface area (Å²) in [6.07, 6.45) is 0. The van der Waals surface area contributed by atoms with E-state index in [4.69, 9.17) is 4.74 Å². The van der Waals surface area contributed by atoms with Gasteiger partial charge in [-0.15, -0.1) is 11.3 Å². The van der Waals surface area contributed by atoms with E-state index in [1.807, 2.05) is 6.92 Å². The molecule has 1 heterocycles. The van der Waals surface area contributed by atoms with Gasteiger partial charge in [-0.25, -0.2) is 4.98 Å². The first-order chi connectivity index (χ1) is 7.56. The number of nitrogens with zero attached hydrogens (tertiary/aromatic N) is 2. The number of aromatic nitrogens is 1. The minimum Gasteiger partial charge on any atom is -0.383 e. The van der Waals surface area contributed by atoms with E-state index < -0.39 is 0 Å². The van der Waals surface area contributed by atoms with Crippen LogP contribution in [0.2, 0.25) is 0 Å². The second-order valence-corrected chi connectivity index (χ2v) is 5.65. The lowest BCUT2D eigenvalue weighted by molar-refractivity contribution is 0.0788. The molecule has 1 unspecified atom stereocenters. The minimum absolute atomic E-state index is 0.0144. The smallest absolute Gasteiger partial charge is 0.265 e. The molecule has 1 atom stereocenters. The SMILES string of the molecule is COCC(Br)CN(C)C(=O)c1scnc1C. The van der Waals surface area contributed by atoms with Gasteiger partial charge in [0.15, 0.2) is 0 Å². The maximum Gasteiger partial charge on any atom is 0.265 e. The van der Waals surface area contributed by atoms with Crippen LogP contribution in [0.5, 0.6) is 0 Å². The molecular weight excluding hydrogens is 292 g/mol. The van der Waals surface area contributed by atoms with Crippen LogP contribution in [0.1, 0.15) is 15.4 Å². The number of hydrogen-bond acceptors (Lipinski definition) is 4. The molecule has 90 valence electrons. The van der Waals surface area contributed by atoms with Gasteiger partial charge in [0.05, 0.1) is 22.6 Å². The van der Waals surface area contributed by atoms with Crippen molar-refractivity contribution in [1.82, 2.24) is 9.88 Å². The molecule has 0 aromatic carbocycles. The molecule has 0 saturated heterocycles. The van der Waals surface area contributed by atoms with Crippen LogP contribution in [-0.4, -0.2) is 47.9 Å². The van der Waals surface area contributed by atoms with E-state index in [1.54, 1.807) is 24.6 Å². The number of methoxy groups -OCH3 is 1. The minimum atomic E-state index is 0.0144. The predicted molar refractivity (Wildman–Crippen MR) is 68.4 cm³/mol. The highest BCUT2D eigenvalue weighted by atomic mass is 79.9. The van der Waals surface area contributed by atoms with Gasteiger partial charge in [-0.05, 0) is 6.92 Å². The first kappa shape index (κ1) is 13.6. The second-order valence-electron chi connectivity index (χ2n) is 3.51. The van der Waals surface area contributed by atoms with Crippen molar-refractivity contribution < 1.29 is 9.53 Å². The van der Waals surface area contributed by atoms with Gasteiger partial charge in [-0.2, -0.15) is 0 Å². The summed E-state index contributed by atoms with van der Waals surface area (Å²) in [6.45, 7) is 3.04. The number of carbonyl (C=O) groups excluding carboxylic acids is 1. The molecular formula is C10H15BrN2O2S. The average molecular weight is 307 g/mol. The van der Waals surface area contributed by atoms with E-state index >= 15 is 0 Å². The van der Waals surface area contributed by atoms with Crippen LogP contribution >= 0.6 is 27.3 Å². The third kappa shape index (κ3) is 3.54. The Morgan fingerprint density at radius 3 is 2.94 bits per heavy atom. The predicted octanol–water partition coefficient (Wildman–Crippen LogP) is 1.93. The van der Waals surface area contributed by atoms with E-state index in [1.165, 1.54) is 11.3 Å². The Morgan fingerprint density at radius 2 is 2.44 bits per heavy atom. The van der Waals surface area contributed by atoms with Crippen molar-refractivity contribution in [3.05, 3.63) is 16.1 Å². The van der Waals surface area contributed by atoms with Gasteiger partial charge in [-0.1, -0.05) is 15.9 Å². The van der Waals surface area contributed by atoms with Crippen LogP contribution < -0.4 is 0 Å². The number of amides is 1. The maximum atomic E-state index is 12.0. The van der Waals surface area contributed by atoms with Crippen LogP contribution in [0.25, 0.3) is 0 Å². The summed E-state index contributed by atoms with van der Waals surface area (Å²) in [5.74, 6) is 0.0144. The molecule has 16 heavy (non-hydrogen) atoms. The molecule has 0 radical (unpaired) electrons. The van der Waals surface area contributed by atoms with Crippen LogP contribution in [0.15, 0.2) is 5.51 Å². The Kier molecular flexibility index (Phi) is 5.37. The molecule has 0 fully saturated rings. The van der Waals surface area contributed by atoms with Gasteiger partial charge in [-0.3, -0.25) is 4.79 Å². The summed E-state index contributed by atoms with van der Waals surface area (Å²) in [5.41, 5.74) is 2.48. The van der Waals surface area contributed by atoms with E-state index in [0.717, 1.165) is 5.69 Å². The largest absolute Gasteiger partial charge is 0.383 e. The average Bonchev–Trinajstić information content (AvgIpc) is 2.63. The lowest BCUT2D eigenvalue weighted by atomic mass is 10.3. The van der Waals surface area contributed by atoms with Crippen molar-refractivity contribution in [2.75, 3.05) is 27.3 Å². The molecule has 1 aromatic rings. The van der Waals surface area contributed by atoms with Crippen molar-refractivity contribution in [3.8, 4) is 0 Å². The highest BCUT2D eigenvalue weighted by molar-refractivity contribution is 9.09. The standard InChI is InChI=1S/C10H15BrN2O2S/c1-7-9(16-6-12-7)10(14)13(2)4-8(11)5-15-3/h6,8H,4-5H2,1-3H3. The first-order valence-corrected chi connectivity index (χ1v) is 6.64. The number of thiazole rings is 1. The number of carbonyl (C=O) groups is 1. The molecule has 0 aliphatic rings. The zero-order chi connectivity index (χ0) is 12.1.